The van der Waals surface area contributed by atoms with Gasteiger partial charge in [0.05, 0.1) is 11.7 Å². The molecule has 1 saturated heterocycles. The van der Waals surface area contributed by atoms with Gasteiger partial charge in [0.1, 0.15) is 5.82 Å². The van der Waals surface area contributed by atoms with Crippen LogP contribution in [0.4, 0.5) is 4.39 Å². The first-order valence-corrected chi connectivity index (χ1v) is 10.0. The quantitative estimate of drug-likeness (QED) is 0.812. The highest BCUT2D eigenvalue weighted by molar-refractivity contribution is 7.89. The van der Waals surface area contributed by atoms with Crippen LogP contribution in [0.5, 0.6) is 0 Å². The zero-order chi connectivity index (χ0) is 17.6. The van der Waals surface area contributed by atoms with Gasteiger partial charge in [-0.05, 0) is 37.3 Å². The molecule has 1 aliphatic rings. The number of piperidine rings is 1. The Morgan fingerprint density at radius 3 is 2.83 bits per heavy atom. The first-order chi connectivity index (χ1) is 11.4. The molecule has 0 saturated carbocycles. The summed E-state index contributed by atoms with van der Waals surface area (Å²) in [4.78, 5) is 12.3. The largest absolute Gasteiger partial charge is 0.355 e. The van der Waals surface area contributed by atoms with Crippen molar-refractivity contribution in [3.05, 3.63) is 35.6 Å². The van der Waals surface area contributed by atoms with Crippen molar-refractivity contribution in [2.45, 2.75) is 32.6 Å². The van der Waals surface area contributed by atoms with Gasteiger partial charge in [0.25, 0.3) is 0 Å². The van der Waals surface area contributed by atoms with E-state index in [1.165, 1.54) is 10.4 Å². The third-order valence-corrected chi connectivity index (χ3v) is 6.30. The topological polar surface area (TPSA) is 66.5 Å². The van der Waals surface area contributed by atoms with E-state index in [0.717, 1.165) is 0 Å². The van der Waals surface area contributed by atoms with Crippen molar-refractivity contribution in [1.29, 1.82) is 0 Å². The van der Waals surface area contributed by atoms with E-state index in [9.17, 15) is 17.6 Å². The fraction of sp³-hybridized carbons (Fsp3) is 0.588. The van der Waals surface area contributed by atoms with Gasteiger partial charge in [-0.15, -0.1) is 0 Å². The Morgan fingerprint density at radius 2 is 2.12 bits per heavy atom. The third-order valence-electron chi connectivity index (χ3n) is 4.26. The molecule has 7 heteroatoms. The molecule has 1 aliphatic heterocycles. The number of carbonyl (C=O) groups excluding carboxylic acids is 1. The molecule has 0 bridgehead atoms. The summed E-state index contributed by atoms with van der Waals surface area (Å²) in [5.74, 6) is -0.635. The van der Waals surface area contributed by atoms with Gasteiger partial charge in [0.2, 0.25) is 15.9 Å². The SMILES string of the molecule is CCCS(=O)(=O)N1CCCC(C(=O)NCCc2ccccc2F)C1. The fourth-order valence-electron chi connectivity index (χ4n) is 2.96. The van der Waals surface area contributed by atoms with Crippen LogP contribution in [0.25, 0.3) is 0 Å². The van der Waals surface area contributed by atoms with Crippen molar-refractivity contribution in [3.8, 4) is 0 Å². The van der Waals surface area contributed by atoms with Gasteiger partial charge in [-0.25, -0.2) is 17.1 Å². The molecule has 1 unspecified atom stereocenters. The highest BCUT2D eigenvalue weighted by Gasteiger charge is 2.31. The van der Waals surface area contributed by atoms with Crippen molar-refractivity contribution in [1.82, 2.24) is 9.62 Å². The molecule has 0 spiro atoms. The summed E-state index contributed by atoms with van der Waals surface area (Å²) in [5, 5.41) is 2.80. The van der Waals surface area contributed by atoms with E-state index >= 15 is 0 Å². The number of amides is 1. The average molecular weight is 356 g/mol. The van der Waals surface area contributed by atoms with E-state index in [1.54, 1.807) is 18.2 Å². The van der Waals surface area contributed by atoms with Crippen LogP contribution in [-0.2, 0) is 21.2 Å². The lowest BCUT2D eigenvalue weighted by Gasteiger charge is -2.31. The fourth-order valence-corrected chi connectivity index (χ4v) is 4.55. The summed E-state index contributed by atoms with van der Waals surface area (Å²) in [6.45, 7) is 2.90. The monoisotopic (exact) mass is 356 g/mol. The van der Waals surface area contributed by atoms with Crippen molar-refractivity contribution in [3.63, 3.8) is 0 Å². The molecule has 0 radical (unpaired) electrons. The van der Waals surface area contributed by atoms with Gasteiger partial charge in [-0.3, -0.25) is 4.79 Å². The second-order valence-corrected chi connectivity index (χ2v) is 8.23. The molecule has 0 aromatic heterocycles. The van der Waals surface area contributed by atoms with Crippen LogP contribution in [0.1, 0.15) is 31.7 Å². The van der Waals surface area contributed by atoms with Crippen LogP contribution in [-0.4, -0.2) is 44.0 Å². The first kappa shape index (κ1) is 18.9. The van der Waals surface area contributed by atoms with Gasteiger partial charge in [0.15, 0.2) is 0 Å². The number of sulfonamides is 1. The maximum atomic E-state index is 13.5. The summed E-state index contributed by atoms with van der Waals surface area (Å²) in [6, 6.07) is 6.48. The van der Waals surface area contributed by atoms with E-state index < -0.39 is 10.0 Å². The van der Waals surface area contributed by atoms with Crippen LogP contribution in [0.2, 0.25) is 0 Å². The van der Waals surface area contributed by atoms with Gasteiger partial charge in [-0.2, -0.15) is 0 Å². The lowest BCUT2D eigenvalue weighted by Crippen LogP contribution is -2.46. The van der Waals surface area contributed by atoms with Gasteiger partial charge >= 0.3 is 0 Å². The number of carbonyl (C=O) groups is 1. The number of rotatable bonds is 7. The summed E-state index contributed by atoms with van der Waals surface area (Å²) >= 11 is 0. The summed E-state index contributed by atoms with van der Waals surface area (Å²) in [7, 11) is -3.27. The minimum atomic E-state index is -3.27. The lowest BCUT2D eigenvalue weighted by atomic mass is 9.99. The molecule has 1 amide bonds. The normalized spacial score (nSPS) is 19.2. The molecular formula is C17H25FN2O3S. The van der Waals surface area contributed by atoms with E-state index in [0.29, 0.717) is 44.3 Å². The minimum Gasteiger partial charge on any atom is -0.355 e. The number of benzene rings is 1. The lowest BCUT2D eigenvalue weighted by molar-refractivity contribution is -0.126. The average Bonchev–Trinajstić information content (AvgIpc) is 2.56. The zero-order valence-electron chi connectivity index (χ0n) is 14.0. The van der Waals surface area contributed by atoms with Crippen molar-refractivity contribution in [2.24, 2.45) is 5.92 Å². The molecule has 1 aromatic carbocycles. The Morgan fingerprint density at radius 1 is 1.38 bits per heavy atom. The first-order valence-electron chi connectivity index (χ1n) is 8.43. The number of halogens is 1. The van der Waals surface area contributed by atoms with Crippen LogP contribution in [0.3, 0.4) is 0 Å². The van der Waals surface area contributed by atoms with Gasteiger partial charge in [-0.1, -0.05) is 25.1 Å². The van der Waals surface area contributed by atoms with Crippen molar-refractivity contribution < 1.29 is 17.6 Å². The summed E-state index contributed by atoms with van der Waals surface area (Å²) < 4.78 is 39.3. The van der Waals surface area contributed by atoms with E-state index in [1.807, 2.05) is 6.92 Å². The Bertz CT molecular complexity index is 664. The predicted octanol–water partition coefficient (Wildman–Crippen LogP) is 1.94. The Kier molecular flexibility index (Phi) is 6.74. The smallest absolute Gasteiger partial charge is 0.224 e. The van der Waals surface area contributed by atoms with Gasteiger partial charge in [0, 0.05) is 19.6 Å². The molecule has 1 aromatic rings. The number of nitrogens with one attached hydrogen (secondary N) is 1. The van der Waals surface area contributed by atoms with Crippen molar-refractivity contribution >= 4 is 15.9 Å². The maximum Gasteiger partial charge on any atom is 0.224 e. The molecule has 2 rings (SSSR count). The maximum absolute atomic E-state index is 13.5. The second-order valence-electron chi connectivity index (χ2n) is 6.15. The molecular weight excluding hydrogens is 331 g/mol. The zero-order valence-corrected chi connectivity index (χ0v) is 14.8. The standard InChI is InChI=1S/C17H25FN2O3S/c1-2-12-24(22,23)20-11-5-7-15(13-20)17(21)19-10-9-14-6-3-4-8-16(14)18/h3-4,6,8,15H,2,5,7,9-13H2,1H3,(H,19,21). The Hall–Kier alpha value is -1.47. The number of hydrogen-bond donors (Lipinski definition) is 1. The second kappa shape index (κ2) is 8.58. The van der Waals surface area contributed by atoms with Gasteiger partial charge < -0.3 is 5.32 Å². The molecule has 1 atom stereocenters. The number of nitrogens with zero attached hydrogens (tertiary/aromatic N) is 1. The summed E-state index contributed by atoms with van der Waals surface area (Å²) in [6.07, 6.45) is 2.36. The highest BCUT2D eigenvalue weighted by atomic mass is 32.2. The number of hydrogen-bond acceptors (Lipinski definition) is 3. The molecule has 134 valence electrons. The molecule has 1 heterocycles. The molecule has 1 N–H and O–H groups in total. The van der Waals surface area contributed by atoms with E-state index in [4.69, 9.17) is 0 Å². The van der Waals surface area contributed by atoms with Crippen LogP contribution >= 0.6 is 0 Å². The Labute approximate surface area is 143 Å². The predicted molar refractivity (Wildman–Crippen MR) is 91.5 cm³/mol. The van der Waals surface area contributed by atoms with Crippen LogP contribution in [0, 0.1) is 11.7 Å². The highest BCUT2D eigenvalue weighted by Crippen LogP contribution is 2.20. The minimum absolute atomic E-state index is 0.120. The van der Waals surface area contributed by atoms with Crippen LogP contribution < -0.4 is 5.32 Å². The Balaban J connectivity index is 1.85. The van der Waals surface area contributed by atoms with E-state index in [-0.39, 0.29) is 29.9 Å². The molecule has 0 aliphatic carbocycles. The molecule has 5 nitrogen and oxygen atoms in total. The van der Waals surface area contributed by atoms with Crippen LogP contribution in [0.15, 0.2) is 24.3 Å². The molecule has 24 heavy (non-hydrogen) atoms. The van der Waals surface area contributed by atoms with E-state index in [2.05, 4.69) is 5.32 Å². The summed E-state index contributed by atoms with van der Waals surface area (Å²) in [5.41, 5.74) is 0.564. The molecule has 1 fully saturated rings. The van der Waals surface area contributed by atoms with Crippen molar-refractivity contribution in [2.75, 3.05) is 25.4 Å². The third kappa shape index (κ3) is 5.01.